The molecule has 2 heterocycles. The molecule has 0 amide bonds. The van der Waals surface area contributed by atoms with Crippen molar-refractivity contribution in [1.82, 2.24) is 19.7 Å². The number of para-hydroxylation sites is 2. The number of nitrogens with two attached hydrogens (primary N) is 1. The minimum absolute atomic E-state index is 0.438. The van der Waals surface area contributed by atoms with Crippen molar-refractivity contribution in [3.63, 3.8) is 0 Å². The van der Waals surface area contributed by atoms with E-state index in [2.05, 4.69) is 15.1 Å². The third-order valence-electron chi connectivity index (χ3n) is 2.55. The van der Waals surface area contributed by atoms with E-state index in [0.29, 0.717) is 24.2 Å². The van der Waals surface area contributed by atoms with Crippen LogP contribution in [0.5, 0.6) is 0 Å². The molecule has 2 N–H and O–H groups in total. The van der Waals surface area contributed by atoms with Gasteiger partial charge in [0.15, 0.2) is 5.82 Å². The summed E-state index contributed by atoms with van der Waals surface area (Å²) < 4.78 is 6.93. The highest BCUT2D eigenvalue weighted by atomic mass is 16.5. The van der Waals surface area contributed by atoms with Gasteiger partial charge in [0.1, 0.15) is 6.54 Å². The lowest BCUT2D eigenvalue weighted by Gasteiger charge is -2.01. The fraction of sp³-hybridized carbons (Fsp3) is 0.182. The normalized spacial score (nSPS) is 11.1. The Morgan fingerprint density at radius 2 is 2.12 bits per heavy atom. The monoisotopic (exact) mass is 229 g/mol. The maximum Gasteiger partial charge on any atom is 0.246 e. The molecule has 0 aliphatic carbocycles. The summed E-state index contributed by atoms with van der Waals surface area (Å²) >= 11 is 0. The van der Waals surface area contributed by atoms with Crippen LogP contribution in [0, 0.1) is 6.92 Å². The summed E-state index contributed by atoms with van der Waals surface area (Å²) in [6.45, 7) is 2.22. The Balaban J connectivity index is 2.08. The predicted octanol–water partition coefficient (Wildman–Crippen LogP) is 1.36. The van der Waals surface area contributed by atoms with Crippen LogP contribution >= 0.6 is 0 Å². The van der Waals surface area contributed by atoms with Gasteiger partial charge in [0.05, 0.1) is 11.0 Å². The topological polar surface area (TPSA) is 82.8 Å². The van der Waals surface area contributed by atoms with Gasteiger partial charge in [-0.1, -0.05) is 17.3 Å². The molecule has 17 heavy (non-hydrogen) atoms. The molecular formula is C11H11N5O. The highest BCUT2D eigenvalue weighted by Gasteiger charge is 2.11. The third kappa shape index (κ3) is 1.63. The second-order valence-corrected chi connectivity index (χ2v) is 3.78. The minimum Gasteiger partial charge on any atom is -0.369 e. The second kappa shape index (κ2) is 3.58. The zero-order valence-corrected chi connectivity index (χ0v) is 9.29. The Kier molecular flexibility index (Phi) is 2.07. The van der Waals surface area contributed by atoms with Gasteiger partial charge in [-0.25, -0.2) is 4.98 Å². The van der Waals surface area contributed by atoms with Gasteiger partial charge in [-0.3, -0.25) is 0 Å². The molecule has 1 aromatic carbocycles. The lowest BCUT2D eigenvalue weighted by Crippen LogP contribution is -2.04. The molecule has 0 aliphatic rings. The van der Waals surface area contributed by atoms with Crippen molar-refractivity contribution in [2.75, 3.05) is 5.73 Å². The standard InChI is InChI=1S/C11H11N5O/c1-7-13-10(17-15-7)6-16-9-5-3-2-4-8(9)14-11(16)12/h2-5H,6H2,1H3,(H2,12,14). The van der Waals surface area contributed by atoms with Crippen LogP contribution in [0.25, 0.3) is 11.0 Å². The van der Waals surface area contributed by atoms with E-state index in [0.717, 1.165) is 11.0 Å². The minimum atomic E-state index is 0.438. The fourth-order valence-corrected chi connectivity index (χ4v) is 1.80. The van der Waals surface area contributed by atoms with E-state index in [9.17, 15) is 0 Å². The molecule has 2 aromatic heterocycles. The highest BCUT2D eigenvalue weighted by Crippen LogP contribution is 2.18. The molecule has 0 saturated carbocycles. The molecule has 0 saturated heterocycles. The molecule has 0 fully saturated rings. The summed E-state index contributed by atoms with van der Waals surface area (Å²) in [6, 6.07) is 7.75. The zero-order chi connectivity index (χ0) is 11.8. The summed E-state index contributed by atoms with van der Waals surface area (Å²) in [5.41, 5.74) is 7.69. The molecule has 6 heteroatoms. The fourth-order valence-electron chi connectivity index (χ4n) is 1.80. The molecule has 6 nitrogen and oxygen atoms in total. The van der Waals surface area contributed by atoms with Gasteiger partial charge in [-0.2, -0.15) is 4.98 Å². The lowest BCUT2D eigenvalue weighted by atomic mass is 10.3. The van der Waals surface area contributed by atoms with E-state index in [1.54, 1.807) is 6.92 Å². The number of benzene rings is 1. The SMILES string of the molecule is Cc1noc(Cn2c(N)nc3ccccc32)n1. The number of anilines is 1. The molecule has 3 rings (SSSR count). The number of rotatable bonds is 2. The first kappa shape index (κ1) is 9.83. The van der Waals surface area contributed by atoms with Gasteiger partial charge in [-0.15, -0.1) is 0 Å². The van der Waals surface area contributed by atoms with Crippen LogP contribution < -0.4 is 5.73 Å². The number of aryl methyl sites for hydroxylation is 1. The number of hydrogen-bond donors (Lipinski definition) is 1. The Morgan fingerprint density at radius 1 is 1.29 bits per heavy atom. The molecule has 3 aromatic rings. The quantitative estimate of drug-likeness (QED) is 0.717. The first-order valence-corrected chi connectivity index (χ1v) is 5.24. The highest BCUT2D eigenvalue weighted by molar-refractivity contribution is 5.78. The number of aromatic nitrogens is 4. The molecule has 86 valence electrons. The Hall–Kier alpha value is -2.37. The molecule has 0 bridgehead atoms. The molecule has 0 atom stereocenters. The van der Waals surface area contributed by atoms with Crippen molar-refractivity contribution in [1.29, 1.82) is 0 Å². The first-order valence-electron chi connectivity index (χ1n) is 5.24. The first-order chi connectivity index (χ1) is 8.24. The lowest BCUT2D eigenvalue weighted by molar-refractivity contribution is 0.369. The van der Waals surface area contributed by atoms with Gasteiger partial charge in [0.2, 0.25) is 11.8 Å². The van der Waals surface area contributed by atoms with E-state index in [-0.39, 0.29) is 0 Å². The van der Waals surface area contributed by atoms with E-state index in [1.165, 1.54) is 0 Å². The molecule has 0 spiro atoms. The van der Waals surface area contributed by atoms with Crippen LogP contribution in [0.4, 0.5) is 5.95 Å². The van der Waals surface area contributed by atoms with Crippen molar-refractivity contribution in [3.8, 4) is 0 Å². The van der Waals surface area contributed by atoms with Crippen LogP contribution in [0.1, 0.15) is 11.7 Å². The number of hydrogen-bond acceptors (Lipinski definition) is 5. The maximum atomic E-state index is 5.87. The largest absolute Gasteiger partial charge is 0.369 e. The summed E-state index contributed by atoms with van der Waals surface area (Å²) in [6.07, 6.45) is 0. The van der Waals surface area contributed by atoms with Crippen LogP contribution in [-0.4, -0.2) is 19.7 Å². The molecule has 0 radical (unpaired) electrons. The number of fused-ring (bicyclic) bond motifs is 1. The van der Waals surface area contributed by atoms with E-state index >= 15 is 0 Å². The second-order valence-electron chi connectivity index (χ2n) is 3.78. The average molecular weight is 229 g/mol. The van der Waals surface area contributed by atoms with E-state index < -0.39 is 0 Å². The van der Waals surface area contributed by atoms with Crippen molar-refractivity contribution in [2.45, 2.75) is 13.5 Å². The van der Waals surface area contributed by atoms with Crippen LogP contribution in [0.3, 0.4) is 0 Å². The molecule has 0 unspecified atom stereocenters. The predicted molar refractivity (Wildman–Crippen MR) is 62.3 cm³/mol. The summed E-state index contributed by atoms with van der Waals surface area (Å²) in [7, 11) is 0. The maximum absolute atomic E-state index is 5.87. The van der Waals surface area contributed by atoms with Gasteiger partial charge >= 0.3 is 0 Å². The smallest absolute Gasteiger partial charge is 0.246 e. The van der Waals surface area contributed by atoms with Crippen molar-refractivity contribution >= 4 is 17.0 Å². The summed E-state index contributed by atoms with van der Waals surface area (Å²) in [5, 5.41) is 3.75. The number of imidazole rings is 1. The van der Waals surface area contributed by atoms with Crippen molar-refractivity contribution in [3.05, 3.63) is 36.0 Å². The molecule has 0 aliphatic heterocycles. The van der Waals surface area contributed by atoms with Crippen LogP contribution in [-0.2, 0) is 6.54 Å². The Bertz CT molecular complexity index is 669. The van der Waals surface area contributed by atoms with E-state index in [1.807, 2.05) is 28.8 Å². The van der Waals surface area contributed by atoms with Gasteiger partial charge < -0.3 is 14.8 Å². The zero-order valence-electron chi connectivity index (χ0n) is 9.29. The number of nitrogen functional groups attached to an aromatic ring is 1. The van der Waals surface area contributed by atoms with E-state index in [4.69, 9.17) is 10.3 Å². The number of nitrogens with zero attached hydrogens (tertiary/aromatic N) is 4. The summed E-state index contributed by atoms with van der Waals surface area (Å²) in [5.74, 6) is 1.59. The van der Waals surface area contributed by atoms with Gasteiger partial charge in [-0.05, 0) is 19.1 Å². The van der Waals surface area contributed by atoms with Crippen molar-refractivity contribution < 1.29 is 4.52 Å². The van der Waals surface area contributed by atoms with Gasteiger partial charge in [0.25, 0.3) is 0 Å². The van der Waals surface area contributed by atoms with Crippen molar-refractivity contribution in [2.24, 2.45) is 0 Å². The summed E-state index contributed by atoms with van der Waals surface area (Å²) in [4.78, 5) is 8.42. The van der Waals surface area contributed by atoms with Gasteiger partial charge in [0, 0.05) is 0 Å². The van der Waals surface area contributed by atoms with Crippen LogP contribution in [0.2, 0.25) is 0 Å². The Labute approximate surface area is 97.1 Å². The third-order valence-corrected chi connectivity index (χ3v) is 2.55. The Morgan fingerprint density at radius 3 is 2.88 bits per heavy atom. The van der Waals surface area contributed by atoms with Crippen LogP contribution in [0.15, 0.2) is 28.8 Å². The average Bonchev–Trinajstić information content (AvgIpc) is 2.85. The molecular weight excluding hydrogens is 218 g/mol.